The zero-order chi connectivity index (χ0) is 29.6. The van der Waals surface area contributed by atoms with E-state index in [1.165, 1.54) is 12.1 Å². The smallest absolute Gasteiger partial charge is 0.406 e. The largest absolute Gasteiger partial charge is 0.573 e. The number of ether oxygens (including phenoxy) is 2. The Hall–Kier alpha value is -2.54. The molecule has 1 aliphatic carbocycles. The van der Waals surface area contributed by atoms with Crippen molar-refractivity contribution in [3.05, 3.63) is 70.7 Å². The van der Waals surface area contributed by atoms with E-state index >= 15 is 0 Å². The van der Waals surface area contributed by atoms with Crippen molar-refractivity contribution in [3.8, 4) is 5.75 Å². The number of benzene rings is 3. The van der Waals surface area contributed by atoms with E-state index < -0.39 is 40.2 Å². The zero-order valence-corrected chi connectivity index (χ0v) is 24.5. The number of halogens is 5. The fraction of sp³-hybridized carbons (Fsp3) is 0.379. The number of aliphatic hydroxyl groups is 1. The highest BCUT2D eigenvalue weighted by atomic mass is 35.5. The summed E-state index contributed by atoms with van der Waals surface area (Å²) in [6.45, 7) is 0.720. The average molecular weight is 643 g/mol. The first-order valence-electron chi connectivity index (χ1n) is 13.5. The molecule has 0 bridgehead atoms. The Balaban J connectivity index is 1.37. The van der Waals surface area contributed by atoms with Crippen LogP contribution in [0.2, 0.25) is 10.0 Å². The molecule has 1 saturated carbocycles. The first-order valence-corrected chi connectivity index (χ1v) is 15.8. The number of hydrogen-bond acceptors (Lipinski definition) is 5. The number of nitrogens with one attached hydrogen (secondary N) is 1. The van der Waals surface area contributed by atoms with Gasteiger partial charge in [-0.2, -0.15) is 0 Å². The van der Waals surface area contributed by atoms with Gasteiger partial charge in [0, 0.05) is 38.5 Å². The standard InChI is InChI=1S/C29H28Cl2F3N3O4S/c30-18-3-9-25-22(13-18)23-14-19(31)4-10-26(23)37(25)27-11-12-40-16-24(28(27)38)36-42(39,35-15-17-1-2-17)21-7-5-20(6-8-21)41-29(32,33)34/h3-10,13-14,17,24,27-28,38H,1-2,11-12,15-16H2,(H,35,36,39)/t24-,27-,28+,42?/m1/s1. The van der Waals surface area contributed by atoms with Gasteiger partial charge in [0.2, 0.25) is 0 Å². The molecule has 2 N–H and O–H groups in total. The van der Waals surface area contributed by atoms with Crippen LogP contribution in [0.1, 0.15) is 25.3 Å². The maximum atomic E-state index is 14.4. The molecule has 1 unspecified atom stereocenters. The van der Waals surface area contributed by atoms with Gasteiger partial charge in [0.05, 0.1) is 36.2 Å². The second kappa shape index (κ2) is 11.5. The Morgan fingerprint density at radius 1 is 1.00 bits per heavy atom. The Bertz CT molecular complexity index is 1680. The van der Waals surface area contributed by atoms with E-state index in [0.717, 1.165) is 46.8 Å². The third-order valence-corrected chi connectivity index (χ3v) is 10.1. The molecule has 4 aromatic rings. The molecule has 13 heteroatoms. The van der Waals surface area contributed by atoms with Gasteiger partial charge < -0.3 is 19.1 Å². The van der Waals surface area contributed by atoms with Crippen molar-refractivity contribution >= 4 is 54.9 Å². The maximum Gasteiger partial charge on any atom is 0.573 e. The Morgan fingerprint density at radius 3 is 2.19 bits per heavy atom. The van der Waals surface area contributed by atoms with Crippen LogP contribution in [0.4, 0.5) is 13.2 Å². The lowest BCUT2D eigenvalue weighted by Gasteiger charge is -2.30. The monoisotopic (exact) mass is 641 g/mol. The number of aliphatic hydroxyl groups excluding tert-OH is 1. The van der Waals surface area contributed by atoms with Crippen LogP contribution in [0.3, 0.4) is 0 Å². The van der Waals surface area contributed by atoms with Crippen LogP contribution in [-0.2, 0) is 14.7 Å². The third kappa shape index (κ3) is 6.22. The van der Waals surface area contributed by atoms with E-state index in [1.807, 2.05) is 28.8 Å². The van der Waals surface area contributed by atoms with Gasteiger partial charge in [0.1, 0.15) is 15.7 Å². The van der Waals surface area contributed by atoms with Crippen LogP contribution in [-0.4, -0.2) is 52.1 Å². The molecule has 2 fully saturated rings. The summed E-state index contributed by atoms with van der Waals surface area (Å²) in [6, 6.07) is 14.6. The highest BCUT2D eigenvalue weighted by Gasteiger charge is 2.36. The number of nitrogens with zero attached hydrogens (tertiary/aromatic N) is 2. The summed E-state index contributed by atoms with van der Waals surface area (Å²) in [5.74, 6) is -0.126. The van der Waals surface area contributed by atoms with Gasteiger partial charge in [-0.3, -0.25) is 0 Å². The van der Waals surface area contributed by atoms with Crippen LogP contribution in [0.5, 0.6) is 5.75 Å². The molecule has 1 saturated heterocycles. The van der Waals surface area contributed by atoms with E-state index in [0.29, 0.717) is 35.5 Å². The van der Waals surface area contributed by atoms with E-state index in [1.54, 1.807) is 12.1 Å². The average Bonchev–Trinajstić information content (AvgIpc) is 3.74. The van der Waals surface area contributed by atoms with Gasteiger partial charge >= 0.3 is 6.36 Å². The quantitative estimate of drug-likeness (QED) is 0.225. The van der Waals surface area contributed by atoms with Gasteiger partial charge in [0.25, 0.3) is 0 Å². The summed E-state index contributed by atoms with van der Waals surface area (Å²) in [7, 11) is -3.37. The van der Waals surface area contributed by atoms with Crippen molar-refractivity contribution in [1.82, 2.24) is 9.29 Å². The van der Waals surface area contributed by atoms with Gasteiger partial charge in [-0.05, 0) is 85.8 Å². The second-order valence-corrected chi connectivity index (χ2v) is 13.5. The summed E-state index contributed by atoms with van der Waals surface area (Å²) >= 11 is 12.7. The van der Waals surface area contributed by atoms with Crippen molar-refractivity contribution in [2.45, 2.75) is 48.7 Å². The SMILES string of the molecule is O=S(=NCC1CC1)(N[C@@H]1COCC[C@@H](n2c3ccc(Cl)cc3c3cc(Cl)ccc32)[C@H]1O)c1ccc(OC(F)(F)F)cc1. The maximum absolute atomic E-state index is 14.4. The molecule has 2 aliphatic rings. The Labute approximate surface area is 250 Å². The van der Waals surface area contributed by atoms with E-state index in [4.69, 9.17) is 27.9 Å². The lowest BCUT2D eigenvalue weighted by molar-refractivity contribution is -0.274. The molecule has 42 heavy (non-hydrogen) atoms. The molecule has 2 heterocycles. The van der Waals surface area contributed by atoms with Crippen LogP contribution < -0.4 is 9.46 Å². The van der Waals surface area contributed by atoms with Gasteiger partial charge in [-0.1, -0.05) is 23.2 Å². The van der Waals surface area contributed by atoms with Crippen LogP contribution in [0.25, 0.3) is 21.8 Å². The normalized spacial score (nSPS) is 23.0. The first kappa shape index (κ1) is 29.5. The fourth-order valence-electron chi connectivity index (χ4n) is 5.41. The predicted molar refractivity (Wildman–Crippen MR) is 156 cm³/mol. The minimum absolute atomic E-state index is 0.0532. The summed E-state index contributed by atoms with van der Waals surface area (Å²) in [5, 5.41) is 14.7. The van der Waals surface area contributed by atoms with E-state index in [2.05, 4.69) is 13.8 Å². The molecule has 4 atom stereocenters. The molecule has 3 aromatic carbocycles. The first-order chi connectivity index (χ1) is 20.0. The molecule has 7 nitrogen and oxygen atoms in total. The highest BCUT2D eigenvalue weighted by molar-refractivity contribution is 7.91. The molecular weight excluding hydrogens is 614 g/mol. The summed E-state index contributed by atoms with van der Waals surface area (Å²) in [4.78, 5) is 0.187. The number of hydrogen-bond donors (Lipinski definition) is 2. The van der Waals surface area contributed by atoms with Crippen molar-refractivity contribution in [3.63, 3.8) is 0 Å². The molecule has 0 spiro atoms. The number of fused-ring (bicyclic) bond motifs is 3. The fourth-order valence-corrected chi connectivity index (χ4v) is 7.66. The molecular formula is C29H28Cl2F3N3O4S. The Morgan fingerprint density at radius 2 is 1.62 bits per heavy atom. The molecule has 0 amide bonds. The van der Waals surface area contributed by atoms with Crippen LogP contribution in [0.15, 0.2) is 69.9 Å². The third-order valence-electron chi connectivity index (χ3n) is 7.62. The topological polar surface area (TPSA) is 85.1 Å². The molecule has 1 aromatic heterocycles. The molecule has 6 rings (SSSR count). The second-order valence-electron chi connectivity index (χ2n) is 10.6. The number of rotatable bonds is 7. The minimum atomic E-state index is -4.85. The summed E-state index contributed by atoms with van der Waals surface area (Å²) in [6.07, 6.45) is -3.51. The van der Waals surface area contributed by atoms with Crippen molar-refractivity contribution < 1.29 is 32.0 Å². The zero-order valence-electron chi connectivity index (χ0n) is 22.2. The lowest BCUT2D eigenvalue weighted by Crippen LogP contribution is -2.48. The van der Waals surface area contributed by atoms with E-state index in [-0.39, 0.29) is 11.5 Å². The summed E-state index contributed by atoms with van der Waals surface area (Å²) in [5.41, 5.74) is 1.70. The van der Waals surface area contributed by atoms with E-state index in [9.17, 15) is 22.5 Å². The summed E-state index contributed by atoms with van der Waals surface area (Å²) < 4.78 is 72.0. The van der Waals surface area contributed by atoms with Gasteiger partial charge in [-0.15, -0.1) is 13.2 Å². The minimum Gasteiger partial charge on any atom is -0.406 e. The van der Waals surface area contributed by atoms with Gasteiger partial charge in [0.15, 0.2) is 0 Å². The molecule has 0 radical (unpaired) electrons. The highest BCUT2D eigenvalue weighted by Crippen LogP contribution is 2.38. The van der Waals surface area contributed by atoms with Crippen molar-refractivity contribution in [1.29, 1.82) is 0 Å². The van der Waals surface area contributed by atoms with Gasteiger partial charge in [-0.25, -0.2) is 13.3 Å². The molecule has 224 valence electrons. The van der Waals surface area contributed by atoms with Crippen molar-refractivity contribution in [2.75, 3.05) is 19.8 Å². The predicted octanol–water partition coefficient (Wildman–Crippen LogP) is 7.13. The molecule has 1 aliphatic heterocycles. The lowest BCUT2D eigenvalue weighted by atomic mass is 10.0. The number of alkyl halides is 3. The van der Waals surface area contributed by atoms with Crippen LogP contribution >= 0.6 is 23.2 Å². The van der Waals surface area contributed by atoms with Crippen molar-refractivity contribution in [2.24, 2.45) is 10.3 Å². The number of aromatic nitrogens is 1. The van der Waals surface area contributed by atoms with Crippen LogP contribution in [0, 0.1) is 5.92 Å². The Kier molecular flexibility index (Phi) is 8.10.